The van der Waals surface area contributed by atoms with Gasteiger partial charge in [0.25, 0.3) is 0 Å². The van der Waals surface area contributed by atoms with Crippen LogP contribution in [0.25, 0.3) is 0 Å². The van der Waals surface area contributed by atoms with Crippen molar-refractivity contribution in [2.45, 2.75) is 37.6 Å². The first-order valence-corrected chi connectivity index (χ1v) is 10.0. The van der Waals surface area contributed by atoms with Gasteiger partial charge in [-0.1, -0.05) is 34.4 Å². The second-order valence-corrected chi connectivity index (χ2v) is 8.51. The average Bonchev–Trinajstić information content (AvgIpc) is 3.19. The molecule has 1 fully saturated rings. The van der Waals surface area contributed by atoms with Crippen LogP contribution in [-0.2, 0) is 14.8 Å². The summed E-state index contributed by atoms with van der Waals surface area (Å²) in [5, 5.41) is 4.02. The number of sulfonamides is 1. The Balaban J connectivity index is 1.88. The van der Waals surface area contributed by atoms with Crippen LogP contribution in [0, 0.1) is 13.8 Å². The van der Waals surface area contributed by atoms with E-state index in [1.165, 1.54) is 13.0 Å². The van der Waals surface area contributed by atoms with Gasteiger partial charge in [0.2, 0.25) is 10.0 Å². The first kappa shape index (κ1) is 19.2. The van der Waals surface area contributed by atoms with Gasteiger partial charge in [-0.15, -0.1) is 0 Å². The van der Waals surface area contributed by atoms with Crippen LogP contribution in [0.15, 0.2) is 27.6 Å². The summed E-state index contributed by atoms with van der Waals surface area (Å²) in [7, 11) is -3.94. The highest BCUT2D eigenvalue weighted by Crippen LogP contribution is 2.34. The van der Waals surface area contributed by atoms with Crippen LogP contribution in [-0.4, -0.2) is 36.4 Å². The van der Waals surface area contributed by atoms with Crippen molar-refractivity contribution in [3.05, 3.63) is 39.7 Å². The average molecular weight is 419 g/mol. The topological polar surface area (TPSA) is 89.7 Å². The Morgan fingerprint density at radius 1 is 1.35 bits per heavy atom. The van der Waals surface area contributed by atoms with E-state index in [0.717, 1.165) is 4.31 Å². The molecule has 0 N–H and O–H groups in total. The molecule has 2 aromatic rings. The third-order valence-electron chi connectivity index (χ3n) is 4.14. The lowest BCUT2D eigenvalue weighted by Crippen LogP contribution is -2.42. The summed E-state index contributed by atoms with van der Waals surface area (Å²) in [5.41, 5.74) is 0.249. The molecular formula is C16H16Cl2N2O5S. The summed E-state index contributed by atoms with van der Waals surface area (Å²) >= 11 is 11.9. The Kier molecular flexibility index (Phi) is 5.30. The van der Waals surface area contributed by atoms with E-state index in [-0.39, 0.29) is 38.7 Å². The van der Waals surface area contributed by atoms with E-state index in [2.05, 4.69) is 5.16 Å². The van der Waals surface area contributed by atoms with Crippen molar-refractivity contribution in [2.24, 2.45) is 0 Å². The van der Waals surface area contributed by atoms with Gasteiger partial charge in [-0.3, -0.25) is 0 Å². The molecule has 0 spiro atoms. The predicted molar refractivity (Wildman–Crippen MR) is 95.0 cm³/mol. The molecule has 10 heteroatoms. The number of halogens is 2. The first-order valence-electron chi connectivity index (χ1n) is 7.84. The third kappa shape index (κ3) is 3.34. The molecule has 1 atom stereocenters. The van der Waals surface area contributed by atoms with Crippen molar-refractivity contribution in [2.75, 3.05) is 6.54 Å². The summed E-state index contributed by atoms with van der Waals surface area (Å²) in [6, 6.07) is 3.69. The van der Waals surface area contributed by atoms with Crippen LogP contribution in [0.3, 0.4) is 0 Å². The quantitative estimate of drug-likeness (QED) is 0.558. The van der Waals surface area contributed by atoms with Gasteiger partial charge in [0.05, 0.1) is 5.02 Å². The van der Waals surface area contributed by atoms with E-state index < -0.39 is 22.0 Å². The lowest BCUT2D eigenvalue weighted by Gasteiger charge is -2.22. The van der Waals surface area contributed by atoms with Crippen molar-refractivity contribution in [3.63, 3.8) is 0 Å². The standard InChI is InChI=1S/C16H16Cl2N2O5S/c1-9-15(10(2)25-19-9)26(22,23)20-8-4-6-12(20)16(21)24-13-7-3-5-11(17)14(13)18/h3,5,7,12H,4,6,8H2,1-2H3/t12-/m0/s1. The Labute approximate surface area is 160 Å². The highest BCUT2D eigenvalue weighted by molar-refractivity contribution is 7.89. The van der Waals surface area contributed by atoms with Gasteiger partial charge in [-0.2, -0.15) is 4.31 Å². The van der Waals surface area contributed by atoms with Crippen molar-refractivity contribution < 1.29 is 22.5 Å². The Morgan fingerprint density at radius 3 is 2.73 bits per heavy atom. The number of ether oxygens (including phenoxy) is 1. The number of hydrogen-bond donors (Lipinski definition) is 0. The summed E-state index contributed by atoms with van der Waals surface area (Å²) in [4.78, 5) is 12.6. The molecule has 0 unspecified atom stereocenters. The summed E-state index contributed by atoms with van der Waals surface area (Å²) in [6.07, 6.45) is 0.880. The third-order valence-corrected chi connectivity index (χ3v) is 7.09. The van der Waals surface area contributed by atoms with Crippen LogP contribution in [0.5, 0.6) is 5.75 Å². The Bertz CT molecular complexity index is 938. The van der Waals surface area contributed by atoms with Crippen LogP contribution >= 0.6 is 23.2 Å². The van der Waals surface area contributed by atoms with Crippen LogP contribution in [0.4, 0.5) is 0 Å². The smallest absolute Gasteiger partial charge is 0.329 e. The van der Waals surface area contributed by atoms with E-state index in [1.54, 1.807) is 19.1 Å². The number of esters is 1. The number of aryl methyl sites for hydroxylation is 2. The largest absolute Gasteiger partial charge is 0.424 e. The van der Waals surface area contributed by atoms with E-state index in [9.17, 15) is 13.2 Å². The maximum absolute atomic E-state index is 13.0. The van der Waals surface area contributed by atoms with Crippen molar-refractivity contribution in [3.8, 4) is 5.75 Å². The Hall–Kier alpha value is -1.61. The molecule has 140 valence electrons. The monoisotopic (exact) mass is 418 g/mol. The minimum absolute atomic E-state index is 0.0158. The van der Waals surface area contributed by atoms with Crippen LogP contribution in [0.1, 0.15) is 24.3 Å². The summed E-state index contributed by atoms with van der Waals surface area (Å²) in [6.45, 7) is 3.26. The van der Waals surface area contributed by atoms with Gasteiger partial charge in [-0.05, 0) is 38.8 Å². The van der Waals surface area contributed by atoms with Gasteiger partial charge in [-0.25, -0.2) is 13.2 Å². The second-order valence-electron chi connectivity index (χ2n) is 5.90. The molecule has 26 heavy (non-hydrogen) atoms. The highest BCUT2D eigenvalue weighted by Gasteiger charge is 2.43. The molecule has 1 aliphatic heterocycles. The zero-order valence-corrected chi connectivity index (χ0v) is 16.4. The maximum atomic E-state index is 13.0. The van der Waals surface area contributed by atoms with Gasteiger partial charge < -0.3 is 9.26 Å². The lowest BCUT2D eigenvalue weighted by molar-refractivity contribution is -0.137. The van der Waals surface area contributed by atoms with Gasteiger partial charge >= 0.3 is 5.97 Å². The number of benzene rings is 1. The SMILES string of the molecule is Cc1noc(C)c1S(=O)(=O)N1CCC[C@H]1C(=O)Oc1cccc(Cl)c1Cl. The first-order chi connectivity index (χ1) is 12.2. The lowest BCUT2D eigenvalue weighted by atomic mass is 10.2. The normalized spacial score (nSPS) is 18.2. The molecule has 1 saturated heterocycles. The Morgan fingerprint density at radius 2 is 2.08 bits per heavy atom. The minimum atomic E-state index is -3.94. The molecule has 1 aromatic carbocycles. The zero-order valence-electron chi connectivity index (χ0n) is 14.0. The minimum Gasteiger partial charge on any atom is -0.424 e. The van der Waals surface area contributed by atoms with E-state index in [4.69, 9.17) is 32.5 Å². The number of nitrogens with zero attached hydrogens (tertiary/aromatic N) is 2. The zero-order chi connectivity index (χ0) is 19.1. The van der Waals surface area contributed by atoms with Crippen LogP contribution < -0.4 is 4.74 Å². The number of carbonyl (C=O) groups excluding carboxylic acids is 1. The molecule has 0 aliphatic carbocycles. The number of hydrogen-bond acceptors (Lipinski definition) is 6. The van der Waals surface area contributed by atoms with E-state index in [0.29, 0.717) is 12.8 Å². The summed E-state index contributed by atoms with van der Waals surface area (Å²) < 4.78 is 37.4. The fourth-order valence-electron chi connectivity index (χ4n) is 2.96. The van der Waals surface area contributed by atoms with Gasteiger partial charge in [0, 0.05) is 6.54 Å². The molecule has 1 aliphatic rings. The fraction of sp³-hybridized carbons (Fsp3) is 0.375. The van der Waals surface area contributed by atoms with Crippen molar-refractivity contribution in [1.82, 2.24) is 9.46 Å². The highest BCUT2D eigenvalue weighted by atomic mass is 35.5. The molecule has 1 aromatic heterocycles. The second kappa shape index (κ2) is 7.19. The number of rotatable bonds is 4. The van der Waals surface area contributed by atoms with Crippen molar-refractivity contribution >= 4 is 39.2 Å². The van der Waals surface area contributed by atoms with Gasteiger partial charge in [0.15, 0.2) is 11.5 Å². The predicted octanol–water partition coefficient (Wildman–Crippen LogP) is 3.36. The molecule has 0 radical (unpaired) electrons. The number of carbonyl (C=O) groups is 1. The number of aromatic nitrogens is 1. The van der Waals surface area contributed by atoms with E-state index >= 15 is 0 Å². The molecule has 2 heterocycles. The molecular weight excluding hydrogens is 403 g/mol. The molecule has 7 nitrogen and oxygen atoms in total. The van der Waals surface area contributed by atoms with Crippen LogP contribution in [0.2, 0.25) is 10.0 Å². The molecule has 0 amide bonds. The van der Waals surface area contributed by atoms with E-state index in [1.807, 2.05) is 0 Å². The summed E-state index contributed by atoms with van der Waals surface area (Å²) in [5.74, 6) is -0.438. The van der Waals surface area contributed by atoms with Crippen molar-refractivity contribution in [1.29, 1.82) is 0 Å². The molecule has 3 rings (SSSR count). The fourth-order valence-corrected chi connectivity index (χ4v) is 5.23. The van der Waals surface area contributed by atoms with Gasteiger partial charge in [0.1, 0.15) is 21.7 Å². The maximum Gasteiger partial charge on any atom is 0.329 e. The molecule has 0 bridgehead atoms. The molecule has 0 saturated carbocycles.